The van der Waals surface area contributed by atoms with Crippen molar-refractivity contribution in [2.24, 2.45) is 5.92 Å². The highest BCUT2D eigenvalue weighted by atomic mass is 16.2. The second-order valence-electron chi connectivity index (χ2n) is 5.29. The predicted molar refractivity (Wildman–Crippen MR) is 74.2 cm³/mol. The van der Waals surface area contributed by atoms with Gasteiger partial charge in [0.15, 0.2) is 0 Å². The highest BCUT2D eigenvalue weighted by molar-refractivity contribution is 5.84. The van der Waals surface area contributed by atoms with Crippen LogP contribution in [0.4, 0.5) is 5.69 Å². The van der Waals surface area contributed by atoms with Crippen LogP contribution in [0.25, 0.3) is 0 Å². The monoisotopic (exact) mass is 246 g/mol. The first kappa shape index (κ1) is 12.9. The SMILES string of the molecule is CCCC1CC1NC(=O)C(C)c1cccc(N)c1. The molecule has 0 aliphatic heterocycles. The summed E-state index contributed by atoms with van der Waals surface area (Å²) in [6.07, 6.45) is 3.56. The van der Waals surface area contributed by atoms with Gasteiger partial charge in [0.05, 0.1) is 5.92 Å². The van der Waals surface area contributed by atoms with E-state index in [0.29, 0.717) is 17.6 Å². The van der Waals surface area contributed by atoms with Gasteiger partial charge in [0.1, 0.15) is 0 Å². The summed E-state index contributed by atoms with van der Waals surface area (Å²) in [7, 11) is 0. The summed E-state index contributed by atoms with van der Waals surface area (Å²) in [5.41, 5.74) is 7.44. The zero-order valence-electron chi connectivity index (χ0n) is 11.1. The fourth-order valence-corrected chi connectivity index (χ4v) is 2.40. The van der Waals surface area contributed by atoms with Crippen molar-refractivity contribution < 1.29 is 4.79 Å². The zero-order valence-corrected chi connectivity index (χ0v) is 11.1. The van der Waals surface area contributed by atoms with Gasteiger partial charge in [0.2, 0.25) is 5.91 Å². The van der Waals surface area contributed by atoms with Gasteiger partial charge >= 0.3 is 0 Å². The number of benzene rings is 1. The third kappa shape index (κ3) is 3.03. The van der Waals surface area contributed by atoms with E-state index in [1.807, 2.05) is 31.2 Å². The van der Waals surface area contributed by atoms with Gasteiger partial charge in [0.25, 0.3) is 0 Å². The quantitative estimate of drug-likeness (QED) is 0.785. The lowest BCUT2D eigenvalue weighted by Crippen LogP contribution is -2.30. The normalized spacial score (nSPS) is 23.4. The molecule has 1 aliphatic carbocycles. The van der Waals surface area contributed by atoms with Crippen LogP contribution in [0.5, 0.6) is 0 Å². The van der Waals surface area contributed by atoms with Gasteiger partial charge < -0.3 is 11.1 Å². The minimum absolute atomic E-state index is 0.115. The fourth-order valence-electron chi connectivity index (χ4n) is 2.40. The average Bonchev–Trinajstić information content (AvgIpc) is 3.06. The Hall–Kier alpha value is -1.51. The van der Waals surface area contributed by atoms with E-state index in [-0.39, 0.29) is 11.8 Å². The average molecular weight is 246 g/mol. The summed E-state index contributed by atoms with van der Waals surface area (Å²) >= 11 is 0. The number of carbonyl (C=O) groups is 1. The maximum atomic E-state index is 12.1. The minimum atomic E-state index is -0.128. The predicted octanol–water partition coefficient (Wildman–Crippen LogP) is 2.68. The molecule has 0 bridgehead atoms. The van der Waals surface area contributed by atoms with E-state index in [9.17, 15) is 4.79 Å². The van der Waals surface area contributed by atoms with Crippen molar-refractivity contribution in [2.45, 2.75) is 45.1 Å². The highest BCUT2D eigenvalue weighted by Crippen LogP contribution is 2.35. The van der Waals surface area contributed by atoms with E-state index in [2.05, 4.69) is 12.2 Å². The minimum Gasteiger partial charge on any atom is -0.399 e. The standard InChI is InChI=1S/C15H22N2O/c1-3-5-12-9-14(12)17-15(18)10(2)11-6-4-7-13(16)8-11/h4,6-8,10,12,14H,3,5,9,16H2,1-2H3,(H,17,18). The molecule has 2 rings (SSSR count). The van der Waals surface area contributed by atoms with Crippen molar-refractivity contribution in [2.75, 3.05) is 5.73 Å². The summed E-state index contributed by atoms with van der Waals surface area (Å²) in [4.78, 5) is 12.1. The van der Waals surface area contributed by atoms with Crippen LogP contribution in [-0.2, 0) is 4.79 Å². The van der Waals surface area contributed by atoms with Crippen molar-refractivity contribution in [3.8, 4) is 0 Å². The molecule has 0 spiro atoms. The van der Waals surface area contributed by atoms with Crippen molar-refractivity contribution >= 4 is 11.6 Å². The summed E-state index contributed by atoms with van der Waals surface area (Å²) in [6.45, 7) is 4.12. The van der Waals surface area contributed by atoms with Gasteiger partial charge in [0, 0.05) is 11.7 Å². The number of anilines is 1. The van der Waals surface area contributed by atoms with Gasteiger partial charge in [-0.15, -0.1) is 0 Å². The Bertz CT molecular complexity index is 430. The molecule has 18 heavy (non-hydrogen) atoms. The van der Waals surface area contributed by atoms with Crippen LogP contribution in [0.2, 0.25) is 0 Å². The summed E-state index contributed by atoms with van der Waals surface area (Å²) < 4.78 is 0. The lowest BCUT2D eigenvalue weighted by molar-refractivity contribution is -0.122. The molecule has 0 radical (unpaired) electrons. The molecule has 0 aromatic heterocycles. The van der Waals surface area contributed by atoms with Gasteiger partial charge in [-0.2, -0.15) is 0 Å². The Morgan fingerprint density at radius 3 is 3.00 bits per heavy atom. The number of amides is 1. The molecule has 3 N–H and O–H groups in total. The maximum Gasteiger partial charge on any atom is 0.227 e. The third-order valence-corrected chi connectivity index (χ3v) is 3.71. The largest absolute Gasteiger partial charge is 0.399 e. The molecule has 3 atom stereocenters. The lowest BCUT2D eigenvalue weighted by Gasteiger charge is -2.13. The molecule has 1 amide bonds. The molecule has 1 aromatic rings. The van der Waals surface area contributed by atoms with E-state index in [1.165, 1.54) is 12.8 Å². The van der Waals surface area contributed by atoms with Crippen LogP contribution >= 0.6 is 0 Å². The number of nitrogens with one attached hydrogen (secondary N) is 1. The van der Waals surface area contributed by atoms with Crippen LogP contribution in [0.15, 0.2) is 24.3 Å². The summed E-state index contributed by atoms with van der Waals surface area (Å²) in [5.74, 6) is 0.688. The van der Waals surface area contributed by atoms with E-state index in [0.717, 1.165) is 12.0 Å². The molecule has 1 saturated carbocycles. The second-order valence-corrected chi connectivity index (χ2v) is 5.29. The first-order valence-corrected chi connectivity index (χ1v) is 6.77. The number of hydrogen-bond donors (Lipinski definition) is 2. The topological polar surface area (TPSA) is 55.1 Å². The summed E-state index contributed by atoms with van der Waals surface area (Å²) in [6, 6.07) is 7.97. The van der Waals surface area contributed by atoms with Gasteiger partial charge in [-0.1, -0.05) is 25.5 Å². The first-order valence-electron chi connectivity index (χ1n) is 6.77. The molecule has 0 heterocycles. The molecule has 3 nitrogen and oxygen atoms in total. The molecule has 1 aromatic carbocycles. The Morgan fingerprint density at radius 1 is 1.56 bits per heavy atom. The van der Waals surface area contributed by atoms with Crippen LogP contribution in [0, 0.1) is 5.92 Å². The molecule has 1 aliphatic rings. The number of nitrogen functional groups attached to an aromatic ring is 1. The van der Waals surface area contributed by atoms with Crippen LogP contribution < -0.4 is 11.1 Å². The second kappa shape index (κ2) is 5.42. The number of carbonyl (C=O) groups excluding carboxylic acids is 1. The molecular weight excluding hydrogens is 224 g/mol. The Kier molecular flexibility index (Phi) is 3.90. The molecule has 3 heteroatoms. The van der Waals surface area contributed by atoms with Crippen molar-refractivity contribution in [3.63, 3.8) is 0 Å². The maximum absolute atomic E-state index is 12.1. The molecule has 0 saturated heterocycles. The molecule has 98 valence electrons. The smallest absolute Gasteiger partial charge is 0.227 e. The van der Waals surface area contributed by atoms with Crippen molar-refractivity contribution in [3.05, 3.63) is 29.8 Å². The Morgan fingerprint density at radius 2 is 2.33 bits per heavy atom. The van der Waals surface area contributed by atoms with Crippen LogP contribution in [0.3, 0.4) is 0 Å². The zero-order chi connectivity index (χ0) is 13.1. The Labute approximate surface area is 109 Å². The van der Waals surface area contributed by atoms with Gasteiger partial charge in [-0.05, 0) is 43.4 Å². The van der Waals surface area contributed by atoms with E-state index in [1.54, 1.807) is 0 Å². The molecule has 3 unspecified atom stereocenters. The van der Waals surface area contributed by atoms with Crippen LogP contribution in [0.1, 0.15) is 44.6 Å². The fraction of sp³-hybridized carbons (Fsp3) is 0.533. The van der Waals surface area contributed by atoms with E-state index < -0.39 is 0 Å². The Balaban J connectivity index is 1.90. The van der Waals surface area contributed by atoms with Crippen molar-refractivity contribution in [1.29, 1.82) is 0 Å². The molecule has 1 fully saturated rings. The van der Waals surface area contributed by atoms with E-state index >= 15 is 0 Å². The van der Waals surface area contributed by atoms with E-state index in [4.69, 9.17) is 5.73 Å². The third-order valence-electron chi connectivity index (χ3n) is 3.71. The number of hydrogen-bond acceptors (Lipinski definition) is 2. The van der Waals surface area contributed by atoms with Gasteiger partial charge in [-0.3, -0.25) is 4.79 Å². The number of rotatable bonds is 5. The highest BCUT2D eigenvalue weighted by Gasteiger charge is 2.37. The van der Waals surface area contributed by atoms with Gasteiger partial charge in [-0.25, -0.2) is 0 Å². The molecular formula is C15H22N2O. The van der Waals surface area contributed by atoms with Crippen molar-refractivity contribution in [1.82, 2.24) is 5.32 Å². The number of nitrogens with two attached hydrogens (primary N) is 1. The van der Waals surface area contributed by atoms with Crippen LogP contribution in [-0.4, -0.2) is 11.9 Å². The first-order chi connectivity index (χ1) is 8.61. The lowest BCUT2D eigenvalue weighted by atomic mass is 10.00. The summed E-state index contributed by atoms with van der Waals surface area (Å²) in [5, 5.41) is 3.13.